The van der Waals surface area contributed by atoms with Crippen LogP contribution in [0.5, 0.6) is 0 Å². The lowest BCUT2D eigenvalue weighted by molar-refractivity contribution is -0.132. The minimum atomic E-state index is 0.0253. The number of nitrogens with one attached hydrogen (secondary N) is 1. The van der Waals surface area contributed by atoms with Gasteiger partial charge in [0.2, 0.25) is 5.91 Å². The van der Waals surface area contributed by atoms with Gasteiger partial charge in [-0.1, -0.05) is 25.1 Å². The van der Waals surface area contributed by atoms with Crippen LogP contribution in [0, 0.1) is 0 Å². The molecule has 4 rings (SSSR count). The summed E-state index contributed by atoms with van der Waals surface area (Å²) in [4.78, 5) is 31.2. The van der Waals surface area contributed by atoms with Gasteiger partial charge in [-0.05, 0) is 31.7 Å². The van der Waals surface area contributed by atoms with Crippen LogP contribution < -0.4 is 0 Å². The fraction of sp³-hybridized carbons (Fsp3) is 0.429. The summed E-state index contributed by atoms with van der Waals surface area (Å²) in [6, 6.07) is 6.01. The molecule has 0 bridgehead atoms. The molecule has 146 valence electrons. The number of carbonyl (C=O) groups excluding carboxylic acids is 2. The number of amides is 1. The van der Waals surface area contributed by atoms with Crippen LogP contribution >= 0.6 is 0 Å². The Labute approximate surface area is 163 Å². The third-order valence-electron chi connectivity index (χ3n) is 5.72. The Balaban J connectivity index is 1.53. The fourth-order valence-electron chi connectivity index (χ4n) is 4.19. The number of rotatable bonds is 5. The van der Waals surface area contributed by atoms with Crippen molar-refractivity contribution in [1.29, 1.82) is 0 Å². The van der Waals surface area contributed by atoms with Crippen molar-refractivity contribution in [2.75, 3.05) is 13.1 Å². The average molecular weight is 379 g/mol. The number of Topliss-reactive ketones (excluding diaryl/α,β-unsaturated/α-hetero) is 1. The van der Waals surface area contributed by atoms with Gasteiger partial charge in [0.25, 0.3) is 0 Å². The first-order valence-corrected chi connectivity index (χ1v) is 9.83. The summed E-state index contributed by atoms with van der Waals surface area (Å²) in [5.41, 5.74) is 2.84. The predicted octanol–water partition coefficient (Wildman–Crippen LogP) is 2.93. The van der Waals surface area contributed by atoms with Crippen LogP contribution in [-0.4, -0.2) is 49.4 Å². The number of aromatic amines is 1. The molecule has 0 atom stereocenters. The highest BCUT2D eigenvalue weighted by Crippen LogP contribution is 2.28. The molecule has 2 aromatic heterocycles. The number of likely N-dealkylation sites (tertiary alicyclic amines) is 1. The number of fused-ring (bicyclic) bond motifs is 1. The normalized spacial score (nSPS) is 15.3. The van der Waals surface area contributed by atoms with Crippen LogP contribution in [0.1, 0.15) is 54.4 Å². The zero-order valence-electron chi connectivity index (χ0n) is 16.3. The van der Waals surface area contributed by atoms with E-state index in [-0.39, 0.29) is 18.2 Å². The maximum absolute atomic E-state index is 13.0. The molecular weight excluding hydrogens is 354 g/mol. The van der Waals surface area contributed by atoms with E-state index in [1.807, 2.05) is 27.8 Å². The molecule has 0 aliphatic carbocycles. The standard InChI is InChI=1S/C21H25N5O2/c1-3-15-5-4-6-17-18(14(2)27)11-26(20(15)17)12-19(28)25-9-7-16(8-10-25)21-22-13-23-24-21/h4-6,11,13,16H,3,7-10,12H2,1-2H3,(H,22,23,24). The Bertz CT molecular complexity index is 997. The van der Waals surface area contributed by atoms with Crippen molar-refractivity contribution >= 4 is 22.6 Å². The number of benzene rings is 1. The molecule has 1 fully saturated rings. The van der Waals surface area contributed by atoms with Crippen LogP contribution in [0.2, 0.25) is 0 Å². The monoisotopic (exact) mass is 379 g/mol. The number of aromatic nitrogens is 4. The van der Waals surface area contributed by atoms with E-state index in [0.717, 1.165) is 41.6 Å². The van der Waals surface area contributed by atoms with E-state index in [9.17, 15) is 9.59 Å². The Morgan fingerprint density at radius 2 is 2.04 bits per heavy atom. The van der Waals surface area contributed by atoms with Crippen molar-refractivity contribution in [3.05, 3.63) is 47.7 Å². The van der Waals surface area contributed by atoms with Gasteiger partial charge < -0.3 is 9.47 Å². The number of aryl methyl sites for hydroxylation is 1. The average Bonchev–Trinajstić information content (AvgIpc) is 3.36. The Kier molecular flexibility index (Phi) is 4.98. The SMILES string of the molecule is CCc1cccc2c(C(C)=O)cn(CC(=O)N3CCC(c4ncn[nH]4)CC3)c12. The molecular formula is C21H25N5O2. The summed E-state index contributed by atoms with van der Waals surface area (Å²) in [5, 5.41) is 7.79. The predicted molar refractivity (Wildman–Crippen MR) is 106 cm³/mol. The molecule has 1 aliphatic rings. The van der Waals surface area contributed by atoms with Crippen molar-refractivity contribution in [3.63, 3.8) is 0 Å². The van der Waals surface area contributed by atoms with Crippen molar-refractivity contribution in [3.8, 4) is 0 Å². The number of piperidine rings is 1. The molecule has 0 spiro atoms. The smallest absolute Gasteiger partial charge is 0.242 e. The lowest BCUT2D eigenvalue weighted by atomic mass is 9.96. The second-order valence-corrected chi connectivity index (χ2v) is 7.42. The third-order valence-corrected chi connectivity index (χ3v) is 5.72. The molecule has 1 saturated heterocycles. The number of nitrogens with zero attached hydrogens (tertiary/aromatic N) is 4. The second-order valence-electron chi connectivity index (χ2n) is 7.42. The molecule has 0 radical (unpaired) electrons. The fourth-order valence-corrected chi connectivity index (χ4v) is 4.19. The van der Waals surface area contributed by atoms with Gasteiger partial charge in [-0.15, -0.1) is 0 Å². The highest BCUT2D eigenvalue weighted by molar-refractivity contribution is 6.07. The highest BCUT2D eigenvalue weighted by atomic mass is 16.2. The number of H-pyrrole nitrogens is 1. The molecule has 0 unspecified atom stereocenters. The molecule has 0 saturated carbocycles. The van der Waals surface area contributed by atoms with E-state index < -0.39 is 0 Å². The van der Waals surface area contributed by atoms with Crippen LogP contribution in [0.4, 0.5) is 0 Å². The van der Waals surface area contributed by atoms with E-state index in [2.05, 4.69) is 28.2 Å². The topological polar surface area (TPSA) is 83.9 Å². The van der Waals surface area contributed by atoms with Gasteiger partial charge in [-0.25, -0.2) is 4.98 Å². The summed E-state index contributed by atoms with van der Waals surface area (Å²) in [5.74, 6) is 1.35. The maximum atomic E-state index is 13.0. The Morgan fingerprint density at radius 1 is 1.25 bits per heavy atom. The van der Waals surface area contributed by atoms with Crippen molar-refractivity contribution in [2.24, 2.45) is 0 Å². The highest BCUT2D eigenvalue weighted by Gasteiger charge is 2.26. The van der Waals surface area contributed by atoms with Crippen LogP contribution in [0.3, 0.4) is 0 Å². The number of hydrogen-bond donors (Lipinski definition) is 1. The molecule has 1 aliphatic heterocycles. The van der Waals surface area contributed by atoms with Gasteiger partial charge in [-0.3, -0.25) is 14.7 Å². The molecule has 1 amide bonds. The molecule has 3 aromatic rings. The maximum Gasteiger partial charge on any atom is 0.242 e. The van der Waals surface area contributed by atoms with E-state index in [0.29, 0.717) is 24.6 Å². The van der Waals surface area contributed by atoms with Gasteiger partial charge in [-0.2, -0.15) is 5.10 Å². The van der Waals surface area contributed by atoms with Gasteiger partial charge in [0.15, 0.2) is 5.78 Å². The van der Waals surface area contributed by atoms with Gasteiger partial charge >= 0.3 is 0 Å². The minimum Gasteiger partial charge on any atom is -0.341 e. The van der Waals surface area contributed by atoms with Crippen molar-refractivity contribution < 1.29 is 9.59 Å². The first-order valence-electron chi connectivity index (χ1n) is 9.83. The number of para-hydroxylation sites is 1. The quantitative estimate of drug-likeness (QED) is 0.691. The minimum absolute atomic E-state index is 0.0253. The number of carbonyl (C=O) groups is 2. The summed E-state index contributed by atoms with van der Waals surface area (Å²) < 4.78 is 1.95. The lowest BCUT2D eigenvalue weighted by Crippen LogP contribution is -2.39. The Morgan fingerprint density at radius 3 is 2.68 bits per heavy atom. The van der Waals surface area contributed by atoms with Crippen LogP contribution in [0.15, 0.2) is 30.7 Å². The van der Waals surface area contributed by atoms with Crippen molar-refractivity contribution in [2.45, 2.75) is 45.6 Å². The van der Waals surface area contributed by atoms with Crippen molar-refractivity contribution in [1.82, 2.24) is 24.6 Å². The van der Waals surface area contributed by atoms with E-state index in [1.165, 1.54) is 6.33 Å². The first kappa shape index (κ1) is 18.4. The van der Waals surface area contributed by atoms with E-state index in [1.54, 1.807) is 6.92 Å². The van der Waals surface area contributed by atoms with Crippen LogP contribution in [-0.2, 0) is 17.8 Å². The van der Waals surface area contributed by atoms with Gasteiger partial charge in [0, 0.05) is 36.2 Å². The first-order chi connectivity index (χ1) is 13.6. The molecule has 7 heteroatoms. The number of hydrogen-bond acceptors (Lipinski definition) is 4. The molecule has 28 heavy (non-hydrogen) atoms. The van der Waals surface area contributed by atoms with E-state index >= 15 is 0 Å². The van der Waals surface area contributed by atoms with Gasteiger partial charge in [0.05, 0.1) is 5.52 Å². The zero-order chi connectivity index (χ0) is 19.7. The summed E-state index contributed by atoms with van der Waals surface area (Å²) in [6.07, 6.45) is 5.99. The molecule has 1 N–H and O–H groups in total. The van der Waals surface area contributed by atoms with Gasteiger partial charge in [0.1, 0.15) is 18.7 Å². The third kappa shape index (κ3) is 3.32. The Hall–Kier alpha value is -2.96. The zero-order valence-corrected chi connectivity index (χ0v) is 16.3. The lowest BCUT2D eigenvalue weighted by Gasteiger charge is -2.31. The number of ketones is 1. The van der Waals surface area contributed by atoms with E-state index in [4.69, 9.17) is 0 Å². The summed E-state index contributed by atoms with van der Waals surface area (Å²) in [7, 11) is 0. The summed E-state index contributed by atoms with van der Waals surface area (Å²) in [6.45, 7) is 5.35. The summed E-state index contributed by atoms with van der Waals surface area (Å²) >= 11 is 0. The van der Waals surface area contributed by atoms with Crippen LogP contribution in [0.25, 0.3) is 10.9 Å². The molecule has 1 aromatic carbocycles. The largest absolute Gasteiger partial charge is 0.341 e. The molecule has 7 nitrogen and oxygen atoms in total. The second kappa shape index (κ2) is 7.58. The molecule has 3 heterocycles.